The molecule has 1 saturated carbocycles. The highest BCUT2D eigenvalue weighted by Gasteiger charge is 2.68. The van der Waals surface area contributed by atoms with E-state index < -0.39 is 35.0 Å². The molecule has 2 saturated heterocycles. The lowest BCUT2D eigenvalue weighted by Crippen LogP contribution is -2.48. The van der Waals surface area contributed by atoms with Crippen molar-refractivity contribution in [1.29, 1.82) is 0 Å². The number of phenols is 1. The number of allylic oxidation sites excluding steroid dienone is 2. The Morgan fingerprint density at radius 1 is 0.736 bits per heavy atom. The van der Waals surface area contributed by atoms with E-state index in [2.05, 4.69) is 4.98 Å². The summed E-state index contributed by atoms with van der Waals surface area (Å²) in [4.78, 5) is 65.1. The van der Waals surface area contributed by atoms with Crippen LogP contribution in [0.1, 0.15) is 31.2 Å². The van der Waals surface area contributed by atoms with Crippen molar-refractivity contribution in [3.05, 3.63) is 132 Å². The molecule has 4 amide bonds. The normalized spacial score (nSPS) is 26.6. The van der Waals surface area contributed by atoms with Crippen LogP contribution in [0, 0.1) is 29.1 Å². The molecule has 10 rings (SSSR count). The maximum Gasteiger partial charge on any atom is 0.241 e. The molecule has 0 spiro atoms. The van der Waals surface area contributed by atoms with Gasteiger partial charge in [0.15, 0.2) is 5.58 Å². The van der Waals surface area contributed by atoms with Gasteiger partial charge in [0, 0.05) is 22.4 Å². The Labute approximate surface area is 304 Å². The summed E-state index contributed by atoms with van der Waals surface area (Å²) in [5.74, 6) is -4.17. The molecule has 1 N–H and O–H groups in total. The van der Waals surface area contributed by atoms with E-state index >= 15 is 0 Å². The van der Waals surface area contributed by atoms with E-state index in [-0.39, 0.29) is 35.8 Å². The van der Waals surface area contributed by atoms with Gasteiger partial charge in [-0.3, -0.25) is 24.1 Å². The van der Waals surface area contributed by atoms with E-state index in [9.17, 15) is 24.3 Å². The summed E-state index contributed by atoms with van der Waals surface area (Å²) < 4.78 is 5.93. The SMILES string of the molecule is CC12C(=O)N(c3ccccc3)C(=O)C1CC1C(=CCC3C(=O)N(c4ccc(-c5nc6ccccc6o5)cc4)C(=O)C31)C2c1ccc2ccccc2c1O. The smallest absolute Gasteiger partial charge is 0.241 e. The molecule has 4 aliphatic rings. The first-order valence-corrected chi connectivity index (χ1v) is 17.9. The minimum atomic E-state index is -1.26. The third kappa shape index (κ3) is 4.33. The molecule has 5 aromatic carbocycles. The van der Waals surface area contributed by atoms with Crippen molar-refractivity contribution in [3.63, 3.8) is 0 Å². The first-order valence-electron chi connectivity index (χ1n) is 17.9. The summed E-state index contributed by atoms with van der Waals surface area (Å²) in [6, 6.07) is 34.7. The van der Waals surface area contributed by atoms with Crippen LogP contribution in [-0.2, 0) is 19.2 Å². The summed E-state index contributed by atoms with van der Waals surface area (Å²) in [5.41, 5.74) is 3.13. The number of fused-ring (bicyclic) bond motifs is 6. The quantitative estimate of drug-likeness (QED) is 0.147. The summed E-state index contributed by atoms with van der Waals surface area (Å²) in [7, 11) is 0. The van der Waals surface area contributed by atoms with Crippen LogP contribution in [0.25, 0.3) is 33.3 Å². The van der Waals surface area contributed by atoms with Crippen LogP contribution < -0.4 is 9.80 Å². The minimum absolute atomic E-state index is 0.0460. The van der Waals surface area contributed by atoms with Gasteiger partial charge in [-0.15, -0.1) is 0 Å². The van der Waals surface area contributed by atoms with E-state index in [4.69, 9.17) is 4.42 Å². The number of carbonyl (C=O) groups excluding carboxylic acids is 4. The van der Waals surface area contributed by atoms with Gasteiger partial charge in [0.25, 0.3) is 0 Å². The van der Waals surface area contributed by atoms with Gasteiger partial charge in [-0.25, -0.2) is 9.88 Å². The third-order valence-electron chi connectivity index (χ3n) is 12.2. The zero-order chi connectivity index (χ0) is 36.2. The monoisotopic (exact) mass is 699 g/mol. The average Bonchev–Trinajstić information content (AvgIpc) is 3.79. The fraction of sp³-hybridized carbons (Fsp3) is 0.205. The number of anilines is 2. The second-order valence-corrected chi connectivity index (χ2v) is 14.8. The van der Waals surface area contributed by atoms with Gasteiger partial charge < -0.3 is 9.52 Å². The van der Waals surface area contributed by atoms with Gasteiger partial charge in [0.05, 0.1) is 34.5 Å². The molecule has 6 atom stereocenters. The lowest BCUT2D eigenvalue weighted by Gasteiger charge is -2.49. The van der Waals surface area contributed by atoms with E-state index in [0.717, 1.165) is 16.5 Å². The second-order valence-electron chi connectivity index (χ2n) is 14.8. The number of hydrogen-bond acceptors (Lipinski definition) is 7. The molecule has 3 fully saturated rings. The van der Waals surface area contributed by atoms with Crippen molar-refractivity contribution in [3.8, 4) is 17.2 Å². The minimum Gasteiger partial charge on any atom is -0.507 e. The number of imide groups is 2. The standard InChI is InChI=1S/C44H33N3O6/c1-44-33(41(50)47(43(44)52)26-10-3-2-4-11-26)23-32-29(37(44)31-20-17-24-9-5-6-12-28(24)38(31)48)21-22-30-36(32)42(51)46(40(30)49)27-18-15-25(16-19-27)39-45-34-13-7-8-14-35(34)53-39/h2-21,30,32-33,36-37,48H,22-23H2,1H3. The summed E-state index contributed by atoms with van der Waals surface area (Å²) in [5, 5.41) is 13.4. The van der Waals surface area contributed by atoms with Crippen molar-refractivity contribution < 1.29 is 28.7 Å². The number of oxazole rings is 1. The first kappa shape index (κ1) is 31.4. The fourth-order valence-electron chi connectivity index (χ4n) is 9.69. The Balaban J connectivity index is 1.06. The van der Waals surface area contributed by atoms with Gasteiger partial charge in [0.1, 0.15) is 11.3 Å². The topological polar surface area (TPSA) is 121 Å². The van der Waals surface area contributed by atoms with Crippen LogP contribution in [-0.4, -0.2) is 33.7 Å². The molecule has 2 aliphatic carbocycles. The molecule has 3 heterocycles. The lowest BCUT2D eigenvalue weighted by atomic mass is 9.51. The summed E-state index contributed by atoms with van der Waals surface area (Å²) in [6.07, 6.45) is 2.53. The van der Waals surface area contributed by atoms with Gasteiger partial charge in [0.2, 0.25) is 29.5 Å². The van der Waals surface area contributed by atoms with Crippen LogP contribution in [0.5, 0.6) is 5.75 Å². The third-order valence-corrected chi connectivity index (χ3v) is 12.2. The molecule has 6 aromatic rings. The molecule has 0 radical (unpaired) electrons. The van der Waals surface area contributed by atoms with E-state index in [1.165, 1.54) is 9.80 Å². The number of aromatic nitrogens is 1. The highest BCUT2D eigenvalue weighted by atomic mass is 16.3. The van der Waals surface area contributed by atoms with Gasteiger partial charge in [-0.05, 0) is 79.6 Å². The number of para-hydroxylation sites is 3. The zero-order valence-electron chi connectivity index (χ0n) is 28.7. The molecule has 6 unspecified atom stereocenters. The molecule has 0 bridgehead atoms. The number of carbonyl (C=O) groups is 4. The van der Waals surface area contributed by atoms with Crippen LogP contribution in [0.15, 0.2) is 131 Å². The molecule has 260 valence electrons. The maximum absolute atomic E-state index is 14.7. The van der Waals surface area contributed by atoms with Gasteiger partial charge >= 0.3 is 0 Å². The highest BCUT2D eigenvalue weighted by molar-refractivity contribution is 6.25. The number of amides is 4. The Bertz CT molecular complexity index is 2540. The molecule has 53 heavy (non-hydrogen) atoms. The lowest BCUT2D eigenvalue weighted by molar-refractivity contribution is -0.131. The summed E-state index contributed by atoms with van der Waals surface area (Å²) >= 11 is 0. The predicted molar refractivity (Wildman–Crippen MR) is 199 cm³/mol. The molecule has 2 aliphatic heterocycles. The van der Waals surface area contributed by atoms with Crippen LogP contribution in [0.4, 0.5) is 11.4 Å². The Morgan fingerprint density at radius 3 is 2.25 bits per heavy atom. The van der Waals surface area contributed by atoms with Crippen molar-refractivity contribution in [2.45, 2.75) is 25.7 Å². The van der Waals surface area contributed by atoms with Crippen LogP contribution in [0.3, 0.4) is 0 Å². The molecule has 9 nitrogen and oxygen atoms in total. The Morgan fingerprint density at radius 2 is 1.45 bits per heavy atom. The van der Waals surface area contributed by atoms with Crippen LogP contribution in [0.2, 0.25) is 0 Å². The highest BCUT2D eigenvalue weighted by Crippen LogP contribution is 2.64. The van der Waals surface area contributed by atoms with E-state index in [1.54, 1.807) is 48.5 Å². The number of rotatable bonds is 4. The Kier molecular flexibility index (Phi) is 6.71. The van der Waals surface area contributed by atoms with E-state index in [0.29, 0.717) is 45.8 Å². The van der Waals surface area contributed by atoms with Crippen LogP contribution >= 0.6 is 0 Å². The number of phenolic OH excluding ortho intramolecular Hbond substituents is 1. The summed E-state index contributed by atoms with van der Waals surface area (Å²) in [6.45, 7) is 1.83. The number of benzene rings is 5. The number of aromatic hydroxyl groups is 1. The first-order chi connectivity index (χ1) is 25.8. The fourth-order valence-corrected chi connectivity index (χ4v) is 9.69. The molecular formula is C44H33N3O6. The number of hydrogen-bond donors (Lipinski definition) is 1. The maximum atomic E-state index is 14.7. The van der Waals surface area contributed by atoms with Crippen molar-refractivity contribution in [2.75, 3.05) is 9.80 Å². The van der Waals surface area contributed by atoms with E-state index in [1.807, 2.05) is 79.7 Å². The van der Waals surface area contributed by atoms with Crippen molar-refractivity contribution in [2.24, 2.45) is 29.1 Å². The number of nitrogens with zero attached hydrogens (tertiary/aromatic N) is 3. The Hall–Kier alpha value is -6.35. The molecular weight excluding hydrogens is 666 g/mol. The van der Waals surface area contributed by atoms with Gasteiger partial charge in [-0.2, -0.15) is 0 Å². The predicted octanol–water partition coefficient (Wildman–Crippen LogP) is 7.79. The van der Waals surface area contributed by atoms with Crippen molar-refractivity contribution in [1.82, 2.24) is 4.98 Å². The van der Waals surface area contributed by atoms with Gasteiger partial charge in [-0.1, -0.05) is 78.4 Å². The second kappa shape index (κ2) is 11.3. The average molecular weight is 700 g/mol. The molecule has 1 aromatic heterocycles. The van der Waals surface area contributed by atoms with Crippen molar-refractivity contribution >= 4 is 56.9 Å². The largest absolute Gasteiger partial charge is 0.507 e. The molecule has 9 heteroatoms. The zero-order valence-corrected chi connectivity index (χ0v) is 28.7.